The van der Waals surface area contributed by atoms with Crippen LogP contribution < -0.4 is 11.2 Å². The van der Waals surface area contributed by atoms with Crippen molar-refractivity contribution >= 4 is 17.2 Å². The summed E-state index contributed by atoms with van der Waals surface area (Å²) in [5.74, 6) is -0.539. The first-order valence-electron chi connectivity index (χ1n) is 7.75. The highest BCUT2D eigenvalue weighted by Gasteiger charge is 2.15. The molecule has 2 aromatic carbocycles. The second-order valence-corrected chi connectivity index (χ2v) is 6.05. The second kappa shape index (κ2) is 6.27. The molecule has 0 unspecified atom stereocenters. The number of halogens is 2. The molecule has 0 spiro atoms. The van der Waals surface area contributed by atoms with Crippen LogP contribution in [-0.4, -0.2) is 18.7 Å². The Bertz CT molecular complexity index is 1210. The molecule has 8 heteroatoms. The molecule has 0 saturated heterocycles. The second-order valence-electron chi connectivity index (χ2n) is 5.64. The molecule has 0 fully saturated rings. The molecule has 26 heavy (non-hydrogen) atoms. The van der Waals surface area contributed by atoms with E-state index in [1.54, 1.807) is 24.3 Å². The average molecular weight is 371 g/mol. The quantitative estimate of drug-likeness (QED) is 0.556. The summed E-state index contributed by atoms with van der Waals surface area (Å²) in [5.41, 5.74) is -0.248. The summed E-state index contributed by atoms with van der Waals surface area (Å²) in [6, 6.07) is 13.2. The Balaban J connectivity index is 1.86. The van der Waals surface area contributed by atoms with Gasteiger partial charge in [-0.1, -0.05) is 35.9 Å². The summed E-state index contributed by atoms with van der Waals surface area (Å²) in [4.78, 5) is 25.2. The van der Waals surface area contributed by atoms with E-state index in [9.17, 15) is 14.0 Å². The van der Waals surface area contributed by atoms with E-state index in [1.165, 1.54) is 35.2 Å². The van der Waals surface area contributed by atoms with Gasteiger partial charge in [0.15, 0.2) is 0 Å². The summed E-state index contributed by atoms with van der Waals surface area (Å²) in [5, 5.41) is 4.27. The van der Waals surface area contributed by atoms with Crippen molar-refractivity contribution < 1.29 is 4.39 Å². The van der Waals surface area contributed by atoms with Gasteiger partial charge >= 0.3 is 11.2 Å². The number of benzene rings is 2. The third-order valence-corrected chi connectivity index (χ3v) is 4.40. The third kappa shape index (κ3) is 2.62. The van der Waals surface area contributed by atoms with Crippen molar-refractivity contribution in [1.82, 2.24) is 18.7 Å². The average Bonchev–Trinajstić information content (AvgIpc) is 2.96. The lowest BCUT2D eigenvalue weighted by molar-refractivity contribution is 0.578. The highest BCUT2D eigenvalue weighted by atomic mass is 35.5. The summed E-state index contributed by atoms with van der Waals surface area (Å²) in [6.07, 6.45) is 2.95. The van der Waals surface area contributed by atoms with E-state index in [2.05, 4.69) is 5.10 Å². The third-order valence-electron chi connectivity index (χ3n) is 4.05. The molecule has 0 amide bonds. The van der Waals surface area contributed by atoms with Crippen LogP contribution in [0.15, 0.2) is 70.5 Å². The van der Waals surface area contributed by atoms with Gasteiger partial charge in [0.2, 0.25) is 5.65 Å². The molecule has 0 bridgehead atoms. The summed E-state index contributed by atoms with van der Waals surface area (Å²) >= 11 is 6.01. The van der Waals surface area contributed by atoms with E-state index < -0.39 is 17.1 Å². The van der Waals surface area contributed by atoms with Gasteiger partial charge < -0.3 is 0 Å². The fourth-order valence-electron chi connectivity index (χ4n) is 2.74. The zero-order valence-electron chi connectivity index (χ0n) is 13.3. The van der Waals surface area contributed by atoms with E-state index in [-0.39, 0.29) is 22.8 Å². The van der Waals surface area contributed by atoms with Gasteiger partial charge in [-0.05, 0) is 24.3 Å². The first kappa shape index (κ1) is 16.3. The van der Waals surface area contributed by atoms with Crippen molar-refractivity contribution in [2.24, 2.45) is 0 Å². The smallest absolute Gasteiger partial charge is 0.280 e. The largest absolute Gasteiger partial charge is 0.350 e. The van der Waals surface area contributed by atoms with Crippen LogP contribution >= 0.6 is 11.6 Å². The first-order chi connectivity index (χ1) is 12.6. The molecule has 0 radical (unpaired) electrons. The van der Waals surface area contributed by atoms with Gasteiger partial charge in [0.05, 0.1) is 6.54 Å². The normalized spacial score (nSPS) is 11.2. The van der Waals surface area contributed by atoms with Gasteiger partial charge in [-0.3, -0.25) is 9.36 Å². The van der Waals surface area contributed by atoms with Crippen molar-refractivity contribution in [3.63, 3.8) is 0 Å². The van der Waals surface area contributed by atoms with Crippen LogP contribution in [0.2, 0.25) is 5.02 Å². The molecule has 0 aliphatic rings. The van der Waals surface area contributed by atoms with E-state index in [0.717, 1.165) is 9.08 Å². The summed E-state index contributed by atoms with van der Waals surface area (Å²) in [6.45, 7) is -0.170. The van der Waals surface area contributed by atoms with Crippen LogP contribution in [0.1, 0.15) is 5.56 Å². The highest BCUT2D eigenvalue weighted by molar-refractivity contribution is 6.31. The molecule has 0 N–H and O–H groups in total. The predicted octanol–water partition coefficient (Wildman–Crippen LogP) is 2.49. The van der Waals surface area contributed by atoms with E-state index >= 15 is 0 Å². The lowest BCUT2D eigenvalue weighted by Gasteiger charge is -2.04. The first-order valence-corrected chi connectivity index (χ1v) is 8.13. The van der Waals surface area contributed by atoms with Gasteiger partial charge in [-0.2, -0.15) is 0 Å². The van der Waals surface area contributed by atoms with Gasteiger partial charge in [0, 0.05) is 28.7 Å². The zero-order valence-corrected chi connectivity index (χ0v) is 14.1. The molecule has 0 aliphatic carbocycles. The van der Waals surface area contributed by atoms with Crippen LogP contribution in [0.3, 0.4) is 0 Å². The molecule has 0 saturated carbocycles. The van der Waals surface area contributed by atoms with Gasteiger partial charge in [0.1, 0.15) is 5.82 Å². The zero-order chi connectivity index (χ0) is 18.3. The minimum atomic E-state index is -0.545. The van der Waals surface area contributed by atoms with Crippen molar-refractivity contribution in [3.05, 3.63) is 98.2 Å². The lowest BCUT2D eigenvalue weighted by Crippen LogP contribution is -2.24. The van der Waals surface area contributed by atoms with Crippen LogP contribution in [0.25, 0.3) is 11.3 Å². The van der Waals surface area contributed by atoms with E-state index in [1.807, 2.05) is 6.07 Å². The highest BCUT2D eigenvalue weighted by Crippen LogP contribution is 2.19. The predicted molar refractivity (Wildman–Crippen MR) is 95.6 cm³/mol. The number of hydrogen-bond acceptors (Lipinski definition) is 3. The van der Waals surface area contributed by atoms with Crippen LogP contribution in [-0.2, 0) is 6.54 Å². The van der Waals surface area contributed by atoms with E-state index in [4.69, 9.17) is 11.6 Å². The monoisotopic (exact) mass is 370 g/mol. The van der Waals surface area contributed by atoms with Crippen molar-refractivity contribution in [3.8, 4) is 5.69 Å². The molecule has 4 rings (SSSR count). The Morgan fingerprint density at radius 3 is 2.50 bits per heavy atom. The Hall–Kier alpha value is -3.19. The van der Waals surface area contributed by atoms with Gasteiger partial charge in [-0.15, -0.1) is 5.10 Å². The molecular formula is C18H12ClFN4O2. The number of rotatable bonds is 3. The standard InChI is InChI=1S/C18H12ClFN4O2/c19-14-7-4-8-15(20)13(14)11-24-18(26)23-10-9-22(17(25)16(23)21-24)12-5-2-1-3-6-12/h1-10H,11H2. The SMILES string of the molecule is O=c1c2nn(Cc3c(F)cccc3Cl)c(=O)n2ccn1-c1ccccc1. The number of aromatic nitrogens is 4. The number of para-hydroxylation sites is 1. The van der Waals surface area contributed by atoms with Gasteiger partial charge in [0.25, 0.3) is 0 Å². The number of fused-ring (bicyclic) bond motifs is 1. The molecule has 6 nitrogen and oxygen atoms in total. The molecule has 2 aromatic heterocycles. The van der Waals surface area contributed by atoms with Gasteiger partial charge in [-0.25, -0.2) is 18.3 Å². The maximum absolute atomic E-state index is 14.0. The topological polar surface area (TPSA) is 61.3 Å². The van der Waals surface area contributed by atoms with Crippen LogP contribution in [0, 0.1) is 5.82 Å². The van der Waals surface area contributed by atoms with Crippen LogP contribution in [0.4, 0.5) is 4.39 Å². The molecule has 2 heterocycles. The Kier molecular flexibility index (Phi) is 3.93. The summed E-state index contributed by atoms with van der Waals surface area (Å²) < 4.78 is 17.5. The Morgan fingerprint density at radius 1 is 1.00 bits per heavy atom. The molecular weight excluding hydrogens is 359 g/mol. The van der Waals surface area contributed by atoms with Crippen LogP contribution in [0.5, 0.6) is 0 Å². The Labute approximate surface area is 151 Å². The number of hydrogen-bond donors (Lipinski definition) is 0. The van der Waals surface area contributed by atoms with Crippen molar-refractivity contribution in [2.45, 2.75) is 6.54 Å². The summed E-state index contributed by atoms with van der Waals surface area (Å²) in [7, 11) is 0. The Morgan fingerprint density at radius 2 is 1.77 bits per heavy atom. The van der Waals surface area contributed by atoms with Crippen molar-refractivity contribution in [2.75, 3.05) is 0 Å². The minimum absolute atomic E-state index is 0.0474. The van der Waals surface area contributed by atoms with Crippen molar-refractivity contribution in [1.29, 1.82) is 0 Å². The molecule has 4 aromatic rings. The minimum Gasteiger partial charge on any atom is -0.280 e. The molecule has 0 aliphatic heterocycles. The van der Waals surface area contributed by atoms with E-state index in [0.29, 0.717) is 5.69 Å². The maximum Gasteiger partial charge on any atom is 0.350 e. The maximum atomic E-state index is 14.0. The molecule has 0 atom stereocenters. The fraction of sp³-hybridized carbons (Fsp3) is 0.0556. The number of nitrogens with zero attached hydrogens (tertiary/aromatic N) is 4. The fourth-order valence-corrected chi connectivity index (χ4v) is 2.96. The lowest BCUT2D eigenvalue weighted by atomic mass is 10.2. The molecule has 130 valence electrons.